The van der Waals surface area contributed by atoms with Crippen molar-refractivity contribution < 1.29 is 9.59 Å². The molecule has 0 aliphatic carbocycles. The molecule has 1 aromatic carbocycles. The zero-order valence-electron chi connectivity index (χ0n) is 13.2. The molecule has 2 N–H and O–H groups in total. The van der Waals surface area contributed by atoms with Crippen molar-refractivity contribution in [2.75, 3.05) is 18.5 Å². The Bertz CT molecular complexity index is 789. The van der Waals surface area contributed by atoms with Crippen LogP contribution in [0.1, 0.15) is 11.3 Å². The summed E-state index contributed by atoms with van der Waals surface area (Å²) in [5.41, 5.74) is 1.98. The first-order chi connectivity index (χ1) is 11.6. The third kappa shape index (κ3) is 3.75. The second kappa shape index (κ2) is 6.91. The highest BCUT2D eigenvalue weighted by Gasteiger charge is 2.22. The van der Waals surface area contributed by atoms with Crippen molar-refractivity contribution in [3.8, 4) is 0 Å². The van der Waals surface area contributed by atoms with Gasteiger partial charge in [-0.15, -0.1) is 0 Å². The van der Waals surface area contributed by atoms with Gasteiger partial charge in [-0.3, -0.25) is 10.1 Å². The molecule has 1 aromatic heterocycles. The van der Waals surface area contributed by atoms with Gasteiger partial charge in [0.15, 0.2) is 0 Å². The number of anilines is 1. The molecule has 122 valence electrons. The number of urea groups is 1. The molecule has 24 heavy (non-hydrogen) atoms. The van der Waals surface area contributed by atoms with Gasteiger partial charge in [-0.2, -0.15) is 0 Å². The average molecular weight is 323 g/mol. The fraction of sp³-hybridized carbons (Fsp3) is 0.176. The number of imide groups is 1. The van der Waals surface area contributed by atoms with Gasteiger partial charge in [0.05, 0.1) is 5.69 Å². The molecule has 0 unspecified atom stereocenters. The largest absolute Gasteiger partial charge is 0.344 e. The fourth-order valence-corrected chi connectivity index (χ4v) is 2.30. The van der Waals surface area contributed by atoms with Crippen molar-refractivity contribution in [3.63, 3.8) is 0 Å². The summed E-state index contributed by atoms with van der Waals surface area (Å²) in [7, 11) is 1.92. The standard InChI is InChI=1S/C17H17N5O2/c1-22(10-8-12-5-3-2-4-6-12)16-18-9-7-13(19-16)11-14-15(23)21-17(24)20-14/h2-7,9,11H,8,10H2,1H3,(H2,20,21,23,24)/b14-11+. The smallest absolute Gasteiger partial charge is 0.326 e. The molecule has 7 heteroatoms. The summed E-state index contributed by atoms with van der Waals surface area (Å²) in [5, 5.41) is 4.59. The maximum atomic E-state index is 11.6. The molecule has 2 heterocycles. The van der Waals surface area contributed by atoms with E-state index >= 15 is 0 Å². The first-order valence-corrected chi connectivity index (χ1v) is 7.54. The number of amides is 3. The predicted octanol–water partition coefficient (Wildman–Crippen LogP) is 1.34. The fourth-order valence-electron chi connectivity index (χ4n) is 2.30. The van der Waals surface area contributed by atoms with E-state index < -0.39 is 11.9 Å². The summed E-state index contributed by atoms with van der Waals surface area (Å²) in [6, 6.07) is 11.3. The third-order valence-electron chi connectivity index (χ3n) is 3.60. The van der Waals surface area contributed by atoms with Crippen molar-refractivity contribution in [2.24, 2.45) is 0 Å². The number of nitrogens with one attached hydrogen (secondary N) is 2. The van der Waals surface area contributed by atoms with Crippen LogP contribution in [0.15, 0.2) is 48.3 Å². The number of hydrogen-bond acceptors (Lipinski definition) is 5. The number of hydrogen-bond donors (Lipinski definition) is 2. The molecule has 0 atom stereocenters. The molecule has 1 fully saturated rings. The zero-order valence-corrected chi connectivity index (χ0v) is 13.2. The van der Waals surface area contributed by atoms with Crippen molar-refractivity contribution in [3.05, 3.63) is 59.5 Å². The van der Waals surface area contributed by atoms with Crippen LogP contribution in [-0.2, 0) is 11.2 Å². The SMILES string of the molecule is CN(CCc1ccccc1)c1nccc(/C=C2/NC(=O)NC2=O)n1. The Morgan fingerprint density at radius 3 is 2.62 bits per heavy atom. The van der Waals surface area contributed by atoms with Crippen molar-refractivity contribution in [2.45, 2.75) is 6.42 Å². The number of likely N-dealkylation sites (N-methyl/N-ethyl adjacent to an activating group) is 1. The highest BCUT2D eigenvalue weighted by Crippen LogP contribution is 2.11. The van der Waals surface area contributed by atoms with Gasteiger partial charge in [-0.05, 0) is 24.1 Å². The number of benzene rings is 1. The van der Waals surface area contributed by atoms with Crippen LogP contribution in [0.25, 0.3) is 6.08 Å². The average Bonchev–Trinajstić information content (AvgIpc) is 2.91. The summed E-state index contributed by atoms with van der Waals surface area (Å²) in [5.74, 6) is 0.0996. The van der Waals surface area contributed by atoms with E-state index in [1.807, 2.05) is 30.1 Å². The minimum absolute atomic E-state index is 0.177. The van der Waals surface area contributed by atoms with Crippen molar-refractivity contribution in [1.29, 1.82) is 0 Å². The van der Waals surface area contributed by atoms with Crippen LogP contribution in [0.3, 0.4) is 0 Å². The van der Waals surface area contributed by atoms with Crippen molar-refractivity contribution in [1.82, 2.24) is 20.6 Å². The van der Waals surface area contributed by atoms with Crippen molar-refractivity contribution >= 4 is 24.0 Å². The first kappa shape index (κ1) is 15.7. The minimum atomic E-state index is -0.527. The lowest BCUT2D eigenvalue weighted by atomic mass is 10.1. The lowest BCUT2D eigenvalue weighted by Crippen LogP contribution is -2.22. The van der Waals surface area contributed by atoms with E-state index in [0.717, 1.165) is 13.0 Å². The molecule has 2 aromatic rings. The quantitative estimate of drug-likeness (QED) is 0.640. The van der Waals surface area contributed by atoms with Crippen LogP contribution in [0.4, 0.5) is 10.7 Å². The summed E-state index contributed by atoms with van der Waals surface area (Å²) in [6.07, 6.45) is 4.03. The maximum absolute atomic E-state index is 11.6. The lowest BCUT2D eigenvalue weighted by molar-refractivity contribution is -0.115. The second-order valence-electron chi connectivity index (χ2n) is 5.40. The molecule has 1 aliphatic heterocycles. The summed E-state index contributed by atoms with van der Waals surface area (Å²) in [4.78, 5) is 33.3. The number of nitrogens with zero attached hydrogens (tertiary/aromatic N) is 3. The minimum Gasteiger partial charge on any atom is -0.344 e. The summed E-state index contributed by atoms with van der Waals surface area (Å²) < 4.78 is 0. The van der Waals surface area contributed by atoms with Gasteiger partial charge in [-0.25, -0.2) is 14.8 Å². The molecular weight excluding hydrogens is 306 g/mol. The number of carbonyl (C=O) groups excluding carboxylic acids is 2. The lowest BCUT2D eigenvalue weighted by Gasteiger charge is -2.17. The van der Waals surface area contributed by atoms with Gasteiger partial charge in [0, 0.05) is 19.8 Å². The highest BCUT2D eigenvalue weighted by atomic mass is 16.2. The van der Waals surface area contributed by atoms with Gasteiger partial charge in [-0.1, -0.05) is 30.3 Å². The van der Waals surface area contributed by atoms with Crippen LogP contribution in [0, 0.1) is 0 Å². The topological polar surface area (TPSA) is 87.2 Å². The summed E-state index contributed by atoms with van der Waals surface area (Å²) >= 11 is 0. The molecule has 0 radical (unpaired) electrons. The molecule has 0 spiro atoms. The summed E-state index contributed by atoms with van der Waals surface area (Å²) in [6.45, 7) is 0.765. The van der Waals surface area contributed by atoms with Gasteiger partial charge < -0.3 is 10.2 Å². The Balaban J connectivity index is 1.69. The molecule has 1 saturated heterocycles. The molecule has 0 bridgehead atoms. The van der Waals surface area contributed by atoms with Gasteiger partial charge in [0.1, 0.15) is 5.70 Å². The highest BCUT2D eigenvalue weighted by molar-refractivity contribution is 6.13. The number of rotatable bonds is 5. The molecular formula is C17H17N5O2. The Labute approximate surface area is 139 Å². The van der Waals surface area contributed by atoms with E-state index in [4.69, 9.17) is 0 Å². The molecule has 7 nitrogen and oxygen atoms in total. The Kier molecular flexibility index (Phi) is 4.51. The van der Waals surface area contributed by atoms with Crippen LogP contribution in [0.2, 0.25) is 0 Å². The monoisotopic (exact) mass is 323 g/mol. The van der Waals surface area contributed by atoms with Gasteiger partial charge in [0.2, 0.25) is 5.95 Å². The Morgan fingerprint density at radius 1 is 1.12 bits per heavy atom. The van der Waals surface area contributed by atoms with E-state index in [9.17, 15) is 9.59 Å². The zero-order chi connectivity index (χ0) is 16.9. The molecule has 0 saturated carbocycles. The molecule has 3 rings (SSSR count). The van der Waals surface area contributed by atoms with Crippen LogP contribution in [0.5, 0.6) is 0 Å². The molecule has 1 aliphatic rings. The number of aromatic nitrogens is 2. The van der Waals surface area contributed by atoms with E-state index in [1.165, 1.54) is 11.6 Å². The number of carbonyl (C=O) groups is 2. The Morgan fingerprint density at radius 2 is 1.92 bits per heavy atom. The maximum Gasteiger partial charge on any atom is 0.326 e. The van der Waals surface area contributed by atoms with Crippen LogP contribution in [-0.4, -0.2) is 35.5 Å². The van der Waals surface area contributed by atoms with Gasteiger partial charge >= 0.3 is 6.03 Å². The third-order valence-corrected chi connectivity index (χ3v) is 3.60. The normalized spacial score (nSPS) is 15.3. The van der Waals surface area contributed by atoms with E-state index in [1.54, 1.807) is 12.3 Å². The van der Waals surface area contributed by atoms with E-state index in [2.05, 4.69) is 32.7 Å². The van der Waals surface area contributed by atoms with E-state index in [0.29, 0.717) is 11.6 Å². The molecule has 3 amide bonds. The van der Waals surface area contributed by atoms with Crippen LogP contribution < -0.4 is 15.5 Å². The van der Waals surface area contributed by atoms with Gasteiger partial charge in [0.25, 0.3) is 5.91 Å². The first-order valence-electron chi connectivity index (χ1n) is 7.54. The second-order valence-corrected chi connectivity index (χ2v) is 5.40. The van der Waals surface area contributed by atoms with E-state index in [-0.39, 0.29) is 5.70 Å². The Hall–Kier alpha value is -3.22. The van der Waals surface area contributed by atoms with Crippen LogP contribution >= 0.6 is 0 Å². The predicted molar refractivity (Wildman–Crippen MR) is 90.1 cm³/mol.